The van der Waals surface area contributed by atoms with Gasteiger partial charge < -0.3 is 0 Å². The van der Waals surface area contributed by atoms with Gasteiger partial charge in [0, 0.05) is 12.0 Å². The Morgan fingerprint density at radius 1 is 1.23 bits per heavy atom. The van der Waals surface area contributed by atoms with Gasteiger partial charge in [-0.2, -0.15) is 0 Å². The summed E-state index contributed by atoms with van der Waals surface area (Å²) in [7, 11) is -2.77. The summed E-state index contributed by atoms with van der Waals surface area (Å²) >= 11 is 0. The van der Waals surface area contributed by atoms with E-state index in [1.165, 1.54) is 6.26 Å². The Kier molecular flexibility index (Phi) is 4.43. The van der Waals surface area contributed by atoms with Crippen LogP contribution in [0.5, 0.6) is 0 Å². The summed E-state index contributed by atoms with van der Waals surface area (Å²) in [6, 6.07) is 0. The topological polar surface area (TPSA) is 34.1 Å². The average molecular weight is 206 g/mol. The van der Waals surface area contributed by atoms with Crippen LogP contribution in [0.3, 0.4) is 0 Å². The number of rotatable bonds is 4. The molecule has 1 atom stereocenters. The van der Waals surface area contributed by atoms with Crippen molar-refractivity contribution in [1.82, 2.24) is 0 Å². The van der Waals surface area contributed by atoms with E-state index in [0.29, 0.717) is 11.7 Å². The van der Waals surface area contributed by atoms with Crippen LogP contribution in [0.25, 0.3) is 0 Å². The summed E-state index contributed by atoms with van der Waals surface area (Å²) < 4.78 is 21.7. The van der Waals surface area contributed by atoms with Crippen molar-refractivity contribution in [1.29, 1.82) is 0 Å². The van der Waals surface area contributed by atoms with E-state index in [-0.39, 0.29) is 5.41 Å². The van der Waals surface area contributed by atoms with Crippen molar-refractivity contribution >= 4 is 9.84 Å². The molecule has 0 aromatic rings. The number of hydrogen-bond donors (Lipinski definition) is 0. The molecule has 13 heavy (non-hydrogen) atoms. The molecule has 80 valence electrons. The van der Waals surface area contributed by atoms with Crippen LogP contribution in [0.1, 0.15) is 40.5 Å². The fourth-order valence-corrected chi connectivity index (χ4v) is 1.78. The fraction of sp³-hybridized carbons (Fsp3) is 1.00. The molecular weight excluding hydrogens is 184 g/mol. The van der Waals surface area contributed by atoms with Crippen molar-refractivity contribution in [3.8, 4) is 0 Å². The molecule has 0 saturated heterocycles. The third kappa shape index (κ3) is 7.05. The van der Waals surface area contributed by atoms with E-state index in [4.69, 9.17) is 0 Å². The first-order valence-corrected chi connectivity index (χ1v) is 6.87. The molecule has 0 N–H and O–H groups in total. The monoisotopic (exact) mass is 206 g/mol. The molecule has 0 amide bonds. The van der Waals surface area contributed by atoms with Crippen LogP contribution in [0, 0.1) is 11.3 Å². The summed E-state index contributed by atoms with van der Waals surface area (Å²) in [6.07, 6.45) is 3.09. The van der Waals surface area contributed by atoms with E-state index in [1.54, 1.807) is 0 Å². The van der Waals surface area contributed by atoms with Crippen LogP contribution in [0.15, 0.2) is 0 Å². The van der Waals surface area contributed by atoms with Gasteiger partial charge in [-0.15, -0.1) is 0 Å². The third-order valence-electron chi connectivity index (χ3n) is 2.63. The van der Waals surface area contributed by atoms with Crippen molar-refractivity contribution in [2.75, 3.05) is 12.0 Å². The molecule has 0 aromatic carbocycles. The zero-order chi connectivity index (χ0) is 10.7. The SMILES string of the molecule is CC(CCCS(C)(=O)=O)C(C)(C)C. The second-order valence-electron chi connectivity index (χ2n) is 5.04. The van der Waals surface area contributed by atoms with Crippen LogP contribution >= 0.6 is 0 Å². The van der Waals surface area contributed by atoms with Crippen molar-refractivity contribution in [2.45, 2.75) is 40.5 Å². The molecule has 0 aliphatic heterocycles. The zero-order valence-electron chi connectivity index (χ0n) is 9.42. The third-order valence-corrected chi connectivity index (χ3v) is 3.66. The van der Waals surface area contributed by atoms with Gasteiger partial charge in [-0.1, -0.05) is 27.7 Å². The van der Waals surface area contributed by atoms with E-state index < -0.39 is 9.84 Å². The maximum atomic E-state index is 10.9. The van der Waals surface area contributed by atoms with Crippen LogP contribution in [-0.2, 0) is 9.84 Å². The predicted molar refractivity (Wildman–Crippen MR) is 57.6 cm³/mol. The second-order valence-corrected chi connectivity index (χ2v) is 7.30. The van der Waals surface area contributed by atoms with Gasteiger partial charge in [-0.05, 0) is 24.2 Å². The highest BCUT2D eigenvalue weighted by Gasteiger charge is 2.19. The summed E-state index contributed by atoms with van der Waals surface area (Å²) in [5.74, 6) is 0.905. The Morgan fingerprint density at radius 3 is 2.00 bits per heavy atom. The Morgan fingerprint density at radius 2 is 1.69 bits per heavy atom. The van der Waals surface area contributed by atoms with Crippen molar-refractivity contribution in [2.24, 2.45) is 11.3 Å². The molecule has 0 aliphatic rings. The first-order valence-electron chi connectivity index (χ1n) is 4.80. The van der Waals surface area contributed by atoms with Gasteiger partial charge in [0.2, 0.25) is 0 Å². The lowest BCUT2D eigenvalue weighted by Gasteiger charge is -2.27. The molecule has 0 aromatic heterocycles. The van der Waals surface area contributed by atoms with Gasteiger partial charge >= 0.3 is 0 Å². The quantitative estimate of drug-likeness (QED) is 0.708. The highest BCUT2D eigenvalue weighted by atomic mass is 32.2. The van der Waals surface area contributed by atoms with Gasteiger partial charge in [0.15, 0.2) is 0 Å². The Balaban J connectivity index is 3.80. The average Bonchev–Trinajstić information content (AvgIpc) is 1.82. The van der Waals surface area contributed by atoms with Crippen molar-refractivity contribution in [3.05, 3.63) is 0 Å². The second kappa shape index (κ2) is 4.45. The van der Waals surface area contributed by atoms with Crippen LogP contribution in [0.4, 0.5) is 0 Å². The lowest BCUT2D eigenvalue weighted by Crippen LogP contribution is -2.18. The lowest BCUT2D eigenvalue weighted by molar-refractivity contribution is 0.245. The van der Waals surface area contributed by atoms with E-state index in [9.17, 15) is 8.42 Å². The lowest BCUT2D eigenvalue weighted by atomic mass is 9.80. The molecule has 0 bridgehead atoms. The van der Waals surface area contributed by atoms with Gasteiger partial charge in [0.05, 0.1) is 0 Å². The zero-order valence-corrected chi connectivity index (χ0v) is 10.2. The Labute approximate surface area is 82.6 Å². The maximum Gasteiger partial charge on any atom is 0.147 e. The first-order chi connectivity index (χ1) is 5.63. The van der Waals surface area contributed by atoms with E-state index >= 15 is 0 Å². The molecule has 0 heterocycles. The van der Waals surface area contributed by atoms with Crippen LogP contribution < -0.4 is 0 Å². The fourth-order valence-electron chi connectivity index (χ4n) is 1.08. The van der Waals surface area contributed by atoms with Gasteiger partial charge in [0.25, 0.3) is 0 Å². The Bertz CT molecular complexity index is 234. The Hall–Kier alpha value is -0.0500. The number of sulfone groups is 1. The van der Waals surface area contributed by atoms with Gasteiger partial charge in [0.1, 0.15) is 9.84 Å². The predicted octanol–water partition coefficient (Wildman–Crippen LogP) is 2.49. The maximum absolute atomic E-state index is 10.9. The molecule has 0 aliphatic carbocycles. The largest absolute Gasteiger partial charge is 0.229 e. The van der Waals surface area contributed by atoms with Crippen LogP contribution in [-0.4, -0.2) is 20.4 Å². The summed E-state index contributed by atoms with van der Waals surface area (Å²) in [6.45, 7) is 8.76. The molecule has 0 saturated carbocycles. The van der Waals surface area contributed by atoms with Crippen molar-refractivity contribution < 1.29 is 8.42 Å². The minimum atomic E-state index is -2.77. The highest BCUT2D eigenvalue weighted by molar-refractivity contribution is 7.90. The van der Waals surface area contributed by atoms with E-state index in [1.807, 2.05) is 0 Å². The summed E-state index contributed by atoms with van der Waals surface area (Å²) in [5.41, 5.74) is 0.289. The molecule has 0 rings (SSSR count). The molecule has 0 fully saturated rings. The molecule has 2 nitrogen and oxygen atoms in total. The molecule has 0 radical (unpaired) electrons. The highest BCUT2D eigenvalue weighted by Crippen LogP contribution is 2.28. The smallest absolute Gasteiger partial charge is 0.147 e. The first kappa shape index (κ1) is 12.9. The van der Waals surface area contributed by atoms with Gasteiger partial charge in [-0.25, -0.2) is 8.42 Å². The normalized spacial score (nSPS) is 15.8. The summed E-state index contributed by atoms with van der Waals surface area (Å²) in [4.78, 5) is 0. The minimum absolute atomic E-state index is 0.289. The van der Waals surface area contributed by atoms with Gasteiger partial charge in [-0.3, -0.25) is 0 Å². The molecular formula is C10H22O2S. The van der Waals surface area contributed by atoms with Crippen molar-refractivity contribution in [3.63, 3.8) is 0 Å². The van der Waals surface area contributed by atoms with E-state index in [2.05, 4.69) is 27.7 Å². The molecule has 3 heteroatoms. The van der Waals surface area contributed by atoms with E-state index in [0.717, 1.165) is 12.8 Å². The molecule has 0 spiro atoms. The number of hydrogen-bond acceptors (Lipinski definition) is 2. The summed E-state index contributed by atoms with van der Waals surface area (Å²) in [5, 5.41) is 0. The minimum Gasteiger partial charge on any atom is -0.229 e. The standard InChI is InChI=1S/C10H22O2S/c1-9(10(2,3)4)7-6-8-13(5,11)12/h9H,6-8H2,1-5H3. The molecule has 1 unspecified atom stereocenters. The van der Waals surface area contributed by atoms with Crippen LogP contribution in [0.2, 0.25) is 0 Å².